The average Bonchev–Trinajstić information content (AvgIpc) is 2.76. The molecule has 1 aliphatic heterocycles. The first-order valence-electron chi connectivity index (χ1n) is 6.12. The Labute approximate surface area is 114 Å². The molecule has 0 spiro atoms. The van der Waals surface area contributed by atoms with Gasteiger partial charge >= 0.3 is 12.0 Å². The van der Waals surface area contributed by atoms with Gasteiger partial charge in [-0.1, -0.05) is 6.92 Å². The second-order valence-corrected chi connectivity index (χ2v) is 4.89. The van der Waals surface area contributed by atoms with Crippen LogP contribution in [0.4, 0.5) is 19.3 Å². The van der Waals surface area contributed by atoms with Gasteiger partial charge in [0.1, 0.15) is 0 Å². The normalized spacial score (nSPS) is 21.9. The predicted molar refractivity (Wildman–Crippen MR) is 67.2 cm³/mol. The van der Waals surface area contributed by atoms with E-state index in [0.717, 1.165) is 12.1 Å². The molecule has 1 aliphatic rings. The van der Waals surface area contributed by atoms with Crippen molar-refractivity contribution in [2.45, 2.75) is 6.92 Å². The van der Waals surface area contributed by atoms with Crippen LogP contribution in [-0.2, 0) is 4.79 Å². The molecule has 0 aromatic heterocycles. The number of hydrogen-bond acceptors (Lipinski definition) is 2. The summed E-state index contributed by atoms with van der Waals surface area (Å²) in [6.07, 6.45) is 0. The van der Waals surface area contributed by atoms with Crippen LogP contribution in [0.3, 0.4) is 0 Å². The van der Waals surface area contributed by atoms with Gasteiger partial charge < -0.3 is 15.3 Å². The molecule has 1 heterocycles. The molecule has 7 heteroatoms. The number of hydrogen-bond donors (Lipinski definition) is 2. The number of carbonyl (C=O) groups is 2. The number of nitrogens with one attached hydrogen (secondary N) is 1. The highest BCUT2D eigenvalue weighted by Gasteiger charge is 2.36. The Bertz CT molecular complexity index is 550. The third-order valence-electron chi connectivity index (χ3n) is 3.39. The predicted octanol–water partition coefficient (Wildman–Crippen LogP) is 2.15. The summed E-state index contributed by atoms with van der Waals surface area (Å²) in [5, 5.41) is 11.4. The summed E-state index contributed by atoms with van der Waals surface area (Å²) in [6.45, 7) is 2.17. The summed E-state index contributed by atoms with van der Waals surface area (Å²) >= 11 is 0. The van der Waals surface area contributed by atoms with Crippen molar-refractivity contribution in [3.05, 3.63) is 29.8 Å². The summed E-state index contributed by atoms with van der Waals surface area (Å²) in [6, 6.07) is 2.51. The van der Waals surface area contributed by atoms with Gasteiger partial charge in [0.05, 0.1) is 5.92 Å². The van der Waals surface area contributed by atoms with Crippen LogP contribution in [0.5, 0.6) is 0 Å². The first-order valence-corrected chi connectivity index (χ1v) is 6.12. The molecule has 0 radical (unpaired) electrons. The molecule has 0 bridgehead atoms. The van der Waals surface area contributed by atoms with E-state index in [1.54, 1.807) is 6.92 Å². The van der Waals surface area contributed by atoms with Gasteiger partial charge in [0.25, 0.3) is 0 Å². The quantitative estimate of drug-likeness (QED) is 0.874. The highest BCUT2D eigenvalue weighted by molar-refractivity contribution is 5.90. The van der Waals surface area contributed by atoms with E-state index in [9.17, 15) is 18.4 Å². The Morgan fingerprint density at radius 1 is 1.30 bits per heavy atom. The minimum atomic E-state index is -1.05. The van der Waals surface area contributed by atoms with Gasteiger partial charge in [0.2, 0.25) is 0 Å². The first-order chi connectivity index (χ1) is 9.38. The van der Waals surface area contributed by atoms with Gasteiger partial charge in [0.15, 0.2) is 11.6 Å². The Hall–Kier alpha value is -2.18. The molecular weight excluding hydrogens is 270 g/mol. The van der Waals surface area contributed by atoms with E-state index in [1.807, 2.05) is 0 Å². The van der Waals surface area contributed by atoms with E-state index >= 15 is 0 Å². The summed E-state index contributed by atoms with van der Waals surface area (Å²) in [4.78, 5) is 24.3. The first kappa shape index (κ1) is 14.2. The number of nitrogens with zero attached hydrogens (tertiary/aromatic N) is 1. The molecule has 2 N–H and O–H groups in total. The van der Waals surface area contributed by atoms with Crippen molar-refractivity contribution in [2.24, 2.45) is 11.8 Å². The van der Waals surface area contributed by atoms with Crippen LogP contribution in [0.1, 0.15) is 6.92 Å². The topological polar surface area (TPSA) is 69.6 Å². The van der Waals surface area contributed by atoms with Crippen molar-refractivity contribution < 1.29 is 23.5 Å². The zero-order chi connectivity index (χ0) is 14.9. The lowest BCUT2D eigenvalue weighted by Gasteiger charge is -2.16. The number of aliphatic carboxylic acids is 1. The summed E-state index contributed by atoms with van der Waals surface area (Å²) < 4.78 is 25.8. The lowest BCUT2D eigenvalue weighted by molar-refractivity contribution is -0.142. The van der Waals surface area contributed by atoms with E-state index in [4.69, 9.17) is 5.11 Å². The average molecular weight is 284 g/mol. The summed E-state index contributed by atoms with van der Waals surface area (Å²) in [5.74, 6) is -3.75. The molecular formula is C13H14F2N2O3. The SMILES string of the molecule is C[C@@H]1CN(C(=O)Nc2ccc(F)c(F)c2)C[C@H]1C(=O)O. The second-order valence-electron chi connectivity index (χ2n) is 4.89. The molecule has 1 aromatic carbocycles. The number of halogens is 2. The molecule has 1 aromatic rings. The highest BCUT2D eigenvalue weighted by Crippen LogP contribution is 2.24. The zero-order valence-electron chi connectivity index (χ0n) is 10.8. The Morgan fingerprint density at radius 2 is 2.00 bits per heavy atom. The van der Waals surface area contributed by atoms with E-state index < -0.39 is 29.6 Å². The van der Waals surface area contributed by atoms with Crippen molar-refractivity contribution >= 4 is 17.7 Å². The fourth-order valence-electron chi connectivity index (χ4n) is 2.23. The molecule has 1 fully saturated rings. The van der Waals surface area contributed by atoms with E-state index in [-0.39, 0.29) is 18.2 Å². The van der Waals surface area contributed by atoms with Crippen molar-refractivity contribution in [3.8, 4) is 0 Å². The van der Waals surface area contributed by atoms with Crippen molar-refractivity contribution in [1.82, 2.24) is 4.90 Å². The number of carboxylic acids is 1. The maximum atomic E-state index is 13.0. The maximum absolute atomic E-state index is 13.0. The fourth-order valence-corrected chi connectivity index (χ4v) is 2.23. The van der Waals surface area contributed by atoms with Crippen LogP contribution >= 0.6 is 0 Å². The van der Waals surface area contributed by atoms with Crippen molar-refractivity contribution in [1.29, 1.82) is 0 Å². The number of amides is 2. The second kappa shape index (κ2) is 5.44. The molecule has 20 heavy (non-hydrogen) atoms. The molecule has 0 aliphatic carbocycles. The van der Waals surface area contributed by atoms with Crippen LogP contribution in [0, 0.1) is 23.5 Å². The van der Waals surface area contributed by atoms with Gasteiger partial charge in [-0.05, 0) is 18.1 Å². The molecule has 1 saturated heterocycles. The van der Waals surface area contributed by atoms with Crippen LogP contribution < -0.4 is 5.32 Å². The van der Waals surface area contributed by atoms with Gasteiger partial charge in [-0.3, -0.25) is 4.79 Å². The third-order valence-corrected chi connectivity index (χ3v) is 3.39. The van der Waals surface area contributed by atoms with Crippen LogP contribution in [0.25, 0.3) is 0 Å². The Kier molecular flexibility index (Phi) is 3.87. The molecule has 5 nitrogen and oxygen atoms in total. The molecule has 108 valence electrons. The van der Waals surface area contributed by atoms with Crippen LogP contribution in [0.2, 0.25) is 0 Å². The van der Waals surface area contributed by atoms with Crippen LogP contribution in [-0.4, -0.2) is 35.1 Å². The Morgan fingerprint density at radius 3 is 2.55 bits per heavy atom. The lowest BCUT2D eigenvalue weighted by Crippen LogP contribution is -2.33. The highest BCUT2D eigenvalue weighted by atomic mass is 19.2. The minimum absolute atomic E-state index is 0.103. The molecule has 0 unspecified atom stereocenters. The van der Waals surface area contributed by atoms with Gasteiger partial charge in [0, 0.05) is 24.8 Å². The summed E-state index contributed by atoms with van der Waals surface area (Å²) in [5.41, 5.74) is 0.125. The number of benzene rings is 1. The largest absolute Gasteiger partial charge is 0.481 e. The number of carboxylic acid groups (broad SMARTS) is 1. The summed E-state index contributed by atoms with van der Waals surface area (Å²) in [7, 11) is 0. The number of urea groups is 1. The molecule has 2 atom stereocenters. The number of likely N-dealkylation sites (tertiary alicyclic amines) is 1. The Balaban J connectivity index is 2.02. The third kappa shape index (κ3) is 2.87. The van der Waals surface area contributed by atoms with E-state index in [0.29, 0.717) is 6.54 Å². The standard InChI is InChI=1S/C13H14F2N2O3/c1-7-5-17(6-9(7)12(18)19)13(20)16-8-2-3-10(14)11(15)4-8/h2-4,7,9H,5-6H2,1H3,(H,16,20)(H,18,19)/t7-,9-/m1/s1. The van der Waals surface area contributed by atoms with E-state index in [1.165, 1.54) is 11.0 Å². The number of carbonyl (C=O) groups excluding carboxylic acids is 1. The van der Waals surface area contributed by atoms with Crippen LogP contribution in [0.15, 0.2) is 18.2 Å². The molecule has 2 rings (SSSR count). The van der Waals surface area contributed by atoms with Crippen molar-refractivity contribution in [2.75, 3.05) is 18.4 Å². The minimum Gasteiger partial charge on any atom is -0.481 e. The maximum Gasteiger partial charge on any atom is 0.321 e. The van der Waals surface area contributed by atoms with Gasteiger partial charge in [-0.2, -0.15) is 0 Å². The molecule has 0 saturated carbocycles. The lowest BCUT2D eigenvalue weighted by atomic mass is 9.99. The fraction of sp³-hybridized carbons (Fsp3) is 0.385. The number of anilines is 1. The smallest absolute Gasteiger partial charge is 0.321 e. The van der Waals surface area contributed by atoms with E-state index in [2.05, 4.69) is 5.32 Å². The monoisotopic (exact) mass is 284 g/mol. The van der Waals surface area contributed by atoms with Gasteiger partial charge in [-0.25, -0.2) is 13.6 Å². The zero-order valence-corrected chi connectivity index (χ0v) is 10.8. The van der Waals surface area contributed by atoms with Crippen molar-refractivity contribution in [3.63, 3.8) is 0 Å². The van der Waals surface area contributed by atoms with Gasteiger partial charge in [-0.15, -0.1) is 0 Å². The molecule has 2 amide bonds. The number of rotatable bonds is 2.